The van der Waals surface area contributed by atoms with Crippen LogP contribution >= 0.6 is 10.7 Å². The maximum absolute atomic E-state index is 11.4. The molecule has 0 aliphatic rings. The number of benzene rings is 1. The average molecular weight is 305 g/mol. The lowest BCUT2D eigenvalue weighted by Gasteiger charge is -2.19. The summed E-state index contributed by atoms with van der Waals surface area (Å²) in [7, 11) is 1.69. The Morgan fingerprint density at radius 3 is 2.21 bits per heavy atom. The third kappa shape index (κ3) is 4.39. The topological polar surface area (TPSA) is 43.4 Å². The molecule has 1 unspecified atom stereocenters. The second-order valence-corrected chi connectivity index (χ2v) is 7.84. The molecule has 0 aliphatic carbocycles. The van der Waals surface area contributed by atoms with Crippen molar-refractivity contribution < 1.29 is 13.2 Å². The highest BCUT2D eigenvalue weighted by atomic mass is 35.7. The third-order valence-corrected chi connectivity index (χ3v) is 4.55. The summed E-state index contributed by atoms with van der Waals surface area (Å²) in [5, 5.41) is 0. The predicted octanol–water partition coefficient (Wildman–Crippen LogP) is 4.04. The van der Waals surface area contributed by atoms with Gasteiger partial charge in [0.25, 0.3) is 9.05 Å². The second kappa shape index (κ2) is 6.14. The SMILES string of the molecule is Cc1c(OC(C)CC(C)C)ccc(S(=O)(=O)Cl)c1C. The molecule has 0 saturated carbocycles. The van der Waals surface area contributed by atoms with Gasteiger partial charge in [-0.05, 0) is 56.4 Å². The zero-order valence-corrected chi connectivity index (χ0v) is 13.6. The van der Waals surface area contributed by atoms with Gasteiger partial charge in [0.15, 0.2) is 0 Å². The van der Waals surface area contributed by atoms with Crippen molar-refractivity contribution in [3.8, 4) is 5.75 Å². The number of ether oxygens (including phenoxy) is 1. The van der Waals surface area contributed by atoms with Crippen LogP contribution in [-0.4, -0.2) is 14.5 Å². The van der Waals surface area contributed by atoms with Crippen molar-refractivity contribution in [1.82, 2.24) is 0 Å². The Morgan fingerprint density at radius 2 is 1.74 bits per heavy atom. The average Bonchev–Trinajstić information content (AvgIpc) is 2.21. The predicted molar refractivity (Wildman–Crippen MR) is 78.5 cm³/mol. The van der Waals surface area contributed by atoms with Crippen LogP contribution in [0.25, 0.3) is 0 Å². The fourth-order valence-electron chi connectivity index (χ4n) is 2.09. The molecule has 108 valence electrons. The molecular formula is C14H21ClO3S. The van der Waals surface area contributed by atoms with E-state index in [2.05, 4.69) is 13.8 Å². The number of rotatable bonds is 5. The van der Waals surface area contributed by atoms with Crippen molar-refractivity contribution in [3.63, 3.8) is 0 Å². The summed E-state index contributed by atoms with van der Waals surface area (Å²) < 4.78 is 28.7. The quantitative estimate of drug-likeness (QED) is 0.771. The van der Waals surface area contributed by atoms with E-state index in [0.717, 1.165) is 17.7 Å². The van der Waals surface area contributed by atoms with Crippen LogP contribution in [0.1, 0.15) is 38.3 Å². The van der Waals surface area contributed by atoms with E-state index in [4.69, 9.17) is 15.4 Å². The molecule has 0 aliphatic heterocycles. The summed E-state index contributed by atoms with van der Waals surface area (Å²) >= 11 is 0. The summed E-state index contributed by atoms with van der Waals surface area (Å²) in [6.07, 6.45) is 1.05. The third-order valence-electron chi connectivity index (χ3n) is 3.08. The Morgan fingerprint density at radius 1 is 1.16 bits per heavy atom. The minimum absolute atomic E-state index is 0.0940. The van der Waals surface area contributed by atoms with Crippen molar-refractivity contribution in [2.45, 2.75) is 52.0 Å². The van der Waals surface area contributed by atoms with Crippen molar-refractivity contribution >= 4 is 19.7 Å². The van der Waals surface area contributed by atoms with Crippen molar-refractivity contribution in [2.75, 3.05) is 0 Å². The van der Waals surface area contributed by atoms with Gasteiger partial charge in [-0.1, -0.05) is 13.8 Å². The summed E-state index contributed by atoms with van der Waals surface area (Å²) in [5.74, 6) is 1.27. The number of halogens is 1. The van der Waals surface area contributed by atoms with Crippen LogP contribution < -0.4 is 4.74 Å². The molecule has 1 aromatic carbocycles. The van der Waals surface area contributed by atoms with Gasteiger partial charge in [0, 0.05) is 10.7 Å². The molecule has 1 rings (SSSR count). The molecule has 0 radical (unpaired) electrons. The standard InChI is InChI=1S/C14H21ClO3S/c1-9(2)8-10(3)18-13-6-7-14(19(15,16)17)12(5)11(13)4/h6-7,9-10H,8H2,1-5H3. The molecule has 0 heterocycles. The van der Waals surface area contributed by atoms with E-state index in [9.17, 15) is 8.42 Å². The first-order valence-electron chi connectivity index (χ1n) is 6.34. The first-order chi connectivity index (χ1) is 8.62. The maximum Gasteiger partial charge on any atom is 0.261 e. The molecule has 5 heteroatoms. The lowest BCUT2D eigenvalue weighted by Crippen LogP contribution is -2.15. The largest absolute Gasteiger partial charge is 0.490 e. The fourth-order valence-corrected chi connectivity index (χ4v) is 3.34. The Bertz CT molecular complexity index is 550. The molecule has 19 heavy (non-hydrogen) atoms. The molecule has 1 atom stereocenters. The van der Waals surface area contributed by atoms with Crippen molar-refractivity contribution in [3.05, 3.63) is 23.3 Å². The van der Waals surface area contributed by atoms with Crippen molar-refractivity contribution in [1.29, 1.82) is 0 Å². The van der Waals surface area contributed by atoms with Gasteiger partial charge in [0.2, 0.25) is 0 Å². The lowest BCUT2D eigenvalue weighted by atomic mass is 10.1. The normalized spacial score (nSPS) is 13.6. The summed E-state index contributed by atoms with van der Waals surface area (Å²) in [5.41, 5.74) is 1.46. The fraction of sp³-hybridized carbons (Fsp3) is 0.571. The minimum Gasteiger partial charge on any atom is -0.490 e. The minimum atomic E-state index is -3.70. The van der Waals surface area contributed by atoms with Gasteiger partial charge < -0.3 is 4.74 Å². The smallest absolute Gasteiger partial charge is 0.261 e. The Kier molecular flexibility index (Phi) is 5.27. The Hall–Kier alpha value is -0.740. The first-order valence-corrected chi connectivity index (χ1v) is 8.65. The van der Waals surface area contributed by atoms with Crippen LogP contribution in [0.4, 0.5) is 0 Å². The van der Waals surface area contributed by atoms with Crippen molar-refractivity contribution in [2.24, 2.45) is 5.92 Å². The molecule has 1 aromatic rings. The molecule has 3 nitrogen and oxygen atoms in total. The van der Waals surface area contributed by atoms with E-state index in [1.807, 2.05) is 13.8 Å². The molecule has 0 spiro atoms. The first kappa shape index (κ1) is 16.3. The molecule has 0 bridgehead atoms. The summed E-state index contributed by atoms with van der Waals surface area (Å²) in [4.78, 5) is 0.149. The van der Waals surface area contributed by atoms with Gasteiger partial charge in [0.05, 0.1) is 11.0 Å². The van der Waals surface area contributed by atoms with Gasteiger partial charge >= 0.3 is 0 Å². The van der Waals surface area contributed by atoms with E-state index < -0.39 is 9.05 Å². The highest BCUT2D eigenvalue weighted by molar-refractivity contribution is 8.13. The Labute approximate surface area is 120 Å². The van der Waals surface area contributed by atoms with Crippen LogP contribution in [0, 0.1) is 19.8 Å². The van der Waals surface area contributed by atoms with E-state index in [1.165, 1.54) is 6.07 Å². The van der Waals surface area contributed by atoms with Crippen LogP contribution in [-0.2, 0) is 9.05 Å². The van der Waals surface area contributed by atoms with Crippen LogP contribution in [0.2, 0.25) is 0 Å². The van der Waals surface area contributed by atoms with Crippen LogP contribution in [0.5, 0.6) is 5.75 Å². The van der Waals surface area contributed by atoms with E-state index in [1.54, 1.807) is 13.0 Å². The molecule has 0 amide bonds. The monoisotopic (exact) mass is 304 g/mol. The lowest BCUT2D eigenvalue weighted by molar-refractivity contribution is 0.192. The van der Waals surface area contributed by atoms with E-state index >= 15 is 0 Å². The van der Waals surface area contributed by atoms with Gasteiger partial charge in [-0.2, -0.15) is 0 Å². The van der Waals surface area contributed by atoms with Gasteiger partial charge in [-0.25, -0.2) is 8.42 Å². The van der Waals surface area contributed by atoms with Gasteiger partial charge in [-0.15, -0.1) is 0 Å². The highest BCUT2D eigenvalue weighted by Crippen LogP contribution is 2.30. The van der Waals surface area contributed by atoms with E-state index in [-0.39, 0.29) is 11.0 Å². The van der Waals surface area contributed by atoms with Gasteiger partial charge in [-0.3, -0.25) is 0 Å². The summed E-state index contributed by atoms with van der Waals surface area (Å²) in [6, 6.07) is 3.18. The maximum atomic E-state index is 11.4. The zero-order valence-electron chi connectivity index (χ0n) is 12.0. The molecule has 0 aromatic heterocycles. The second-order valence-electron chi connectivity index (χ2n) is 5.31. The van der Waals surface area contributed by atoms with E-state index in [0.29, 0.717) is 11.5 Å². The number of hydrogen-bond donors (Lipinski definition) is 0. The van der Waals surface area contributed by atoms with Crippen LogP contribution in [0.15, 0.2) is 17.0 Å². The summed E-state index contributed by atoms with van der Waals surface area (Å²) in [6.45, 7) is 9.88. The highest BCUT2D eigenvalue weighted by Gasteiger charge is 2.18. The molecule has 0 fully saturated rings. The molecule has 0 N–H and O–H groups in total. The zero-order chi connectivity index (χ0) is 14.8. The number of hydrogen-bond acceptors (Lipinski definition) is 3. The molecular weight excluding hydrogens is 284 g/mol. The van der Waals surface area contributed by atoms with Gasteiger partial charge in [0.1, 0.15) is 5.75 Å². The Balaban J connectivity index is 3.04. The molecule has 0 saturated heterocycles. The van der Waals surface area contributed by atoms with Crippen LogP contribution in [0.3, 0.4) is 0 Å².